The topological polar surface area (TPSA) is 29.1 Å². The van der Waals surface area contributed by atoms with Gasteiger partial charge in [0.1, 0.15) is 0 Å². The van der Waals surface area contributed by atoms with E-state index in [0.717, 1.165) is 24.2 Å². The number of hydrogen-bond donors (Lipinski definition) is 1. The van der Waals surface area contributed by atoms with Crippen molar-refractivity contribution in [3.05, 3.63) is 12.2 Å². The van der Waals surface area contributed by atoms with E-state index in [-0.39, 0.29) is 5.91 Å². The number of unbranched alkanes of at least 4 members (excludes halogenated alkanes) is 15. The molecule has 0 spiro atoms. The average Bonchev–Trinajstić information content (AvgIpc) is 2.76. The van der Waals surface area contributed by atoms with Crippen LogP contribution in [0.1, 0.15) is 137 Å². The van der Waals surface area contributed by atoms with Crippen molar-refractivity contribution >= 4 is 5.91 Å². The Kier molecular flexibility index (Phi) is 20.2. The zero-order valence-electron chi connectivity index (χ0n) is 22.8. The standard InChI is InChI=1S/C29H58N2O/c1-7-9-10-11-12-13-14-15-16-17-18-19-20-21-22-23-24-31(8-2,25-27(3)4)26-30-29(32)28(5)6/h27H,5,7-26H2,1-4,6H3/p+1. The fraction of sp³-hybridized carbons (Fsp3) is 0.897. The number of nitrogens with zero attached hydrogens (tertiary/aromatic N) is 1. The molecule has 0 aliphatic carbocycles. The first kappa shape index (κ1) is 31.2. The van der Waals surface area contributed by atoms with Crippen LogP contribution in [0.15, 0.2) is 12.2 Å². The second-order valence-electron chi connectivity index (χ2n) is 10.7. The van der Waals surface area contributed by atoms with Crippen LogP contribution in [0.4, 0.5) is 0 Å². The molecule has 0 aliphatic rings. The van der Waals surface area contributed by atoms with Crippen molar-refractivity contribution in [2.24, 2.45) is 5.92 Å². The molecule has 0 aromatic carbocycles. The number of nitrogens with one attached hydrogen (secondary N) is 1. The number of rotatable bonds is 23. The van der Waals surface area contributed by atoms with Gasteiger partial charge in [-0.05, 0) is 26.7 Å². The van der Waals surface area contributed by atoms with Crippen LogP contribution < -0.4 is 5.32 Å². The Bertz CT molecular complexity index is 460. The summed E-state index contributed by atoms with van der Waals surface area (Å²) in [5, 5.41) is 3.12. The SMILES string of the molecule is C=C(C)C(=O)NC[N+](CC)(CCCCCCCCCCCCCCCCCC)CC(C)C. The Morgan fingerprint density at radius 1 is 0.750 bits per heavy atom. The van der Waals surface area contributed by atoms with Gasteiger partial charge in [-0.15, -0.1) is 0 Å². The van der Waals surface area contributed by atoms with Crippen LogP contribution in [-0.2, 0) is 4.79 Å². The fourth-order valence-corrected chi connectivity index (χ4v) is 4.79. The lowest BCUT2D eigenvalue weighted by atomic mass is 10.0. The summed E-state index contributed by atoms with van der Waals surface area (Å²) in [6.07, 6.45) is 22.5. The van der Waals surface area contributed by atoms with Gasteiger partial charge < -0.3 is 9.80 Å². The van der Waals surface area contributed by atoms with Crippen molar-refractivity contribution in [3.63, 3.8) is 0 Å². The molecule has 1 atom stereocenters. The Balaban J connectivity index is 3.80. The van der Waals surface area contributed by atoms with Crippen molar-refractivity contribution < 1.29 is 9.28 Å². The highest BCUT2D eigenvalue weighted by Gasteiger charge is 2.26. The third kappa shape index (κ3) is 17.7. The molecule has 0 heterocycles. The van der Waals surface area contributed by atoms with Crippen LogP contribution >= 0.6 is 0 Å². The summed E-state index contributed by atoms with van der Waals surface area (Å²) in [4.78, 5) is 12.0. The van der Waals surface area contributed by atoms with Gasteiger partial charge in [-0.1, -0.05) is 117 Å². The number of quaternary nitrogens is 1. The summed E-state index contributed by atoms with van der Waals surface area (Å²) in [7, 11) is 0. The molecular weight excluding hydrogens is 392 g/mol. The van der Waals surface area contributed by atoms with Crippen LogP contribution in [0, 0.1) is 5.92 Å². The maximum Gasteiger partial charge on any atom is 0.250 e. The molecule has 0 radical (unpaired) electrons. The third-order valence-corrected chi connectivity index (χ3v) is 6.87. The van der Waals surface area contributed by atoms with Crippen LogP contribution in [0.2, 0.25) is 0 Å². The Hall–Kier alpha value is -0.830. The Morgan fingerprint density at radius 2 is 1.16 bits per heavy atom. The highest BCUT2D eigenvalue weighted by Crippen LogP contribution is 2.16. The fourth-order valence-electron chi connectivity index (χ4n) is 4.79. The summed E-state index contributed by atoms with van der Waals surface area (Å²) in [6.45, 7) is 18.8. The number of hydrogen-bond acceptors (Lipinski definition) is 1. The molecule has 3 nitrogen and oxygen atoms in total. The second kappa shape index (κ2) is 20.8. The van der Waals surface area contributed by atoms with E-state index in [4.69, 9.17) is 0 Å². The smallest absolute Gasteiger partial charge is 0.250 e. The summed E-state index contributed by atoms with van der Waals surface area (Å²) in [5.74, 6) is 0.634. The first-order valence-corrected chi connectivity index (χ1v) is 14.2. The first-order valence-electron chi connectivity index (χ1n) is 14.2. The van der Waals surface area contributed by atoms with E-state index in [0.29, 0.717) is 11.5 Å². The van der Waals surface area contributed by atoms with Crippen molar-refractivity contribution in [3.8, 4) is 0 Å². The van der Waals surface area contributed by atoms with Crippen LogP contribution in [0.25, 0.3) is 0 Å². The van der Waals surface area contributed by atoms with Gasteiger partial charge >= 0.3 is 0 Å². The largest absolute Gasteiger partial charge is 0.307 e. The molecule has 1 amide bonds. The second-order valence-corrected chi connectivity index (χ2v) is 10.7. The van der Waals surface area contributed by atoms with Crippen LogP contribution in [0.3, 0.4) is 0 Å². The van der Waals surface area contributed by atoms with Gasteiger partial charge in [0.05, 0.1) is 19.6 Å². The average molecular weight is 452 g/mol. The molecule has 0 aliphatic heterocycles. The van der Waals surface area contributed by atoms with E-state index in [9.17, 15) is 4.79 Å². The van der Waals surface area contributed by atoms with E-state index in [2.05, 4.69) is 39.6 Å². The maximum absolute atomic E-state index is 12.0. The predicted octanol–water partition coefficient (Wildman–Crippen LogP) is 8.39. The number of carbonyl (C=O) groups is 1. The van der Waals surface area contributed by atoms with E-state index in [1.807, 2.05) is 0 Å². The lowest BCUT2D eigenvalue weighted by Crippen LogP contribution is -2.56. The number of amides is 1. The summed E-state index contributed by atoms with van der Waals surface area (Å²) < 4.78 is 0.995. The van der Waals surface area contributed by atoms with Crippen LogP contribution in [0.5, 0.6) is 0 Å². The summed E-state index contributed by atoms with van der Waals surface area (Å²) in [5.41, 5.74) is 0.603. The molecule has 0 fully saturated rings. The molecule has 32 heavy (non-hydrogen) atoms. The summed E-state index contributed by atoms with van der Waals surface area (Å²) in [6, 6.07) is 0. The van der Waals surface area contributed by atoms with E-state index < -0.39 is 0 Å². The molecular formula is C29H59N2O+. The summed E-state index contributed by atoms with van der Waals surface area (Å²) >= 11 is 0. The van der Waals surface area contributed by atoms with Gasteiger partial charge in [0.15, 0.2) is 6.67 Å². The lowest BCUT2D eigenvalue weighted by Gasteiger charge is -2.39. The van der Waals surface area contributed by atoms with Crippen molar-refractivity contribution in [1.82, 2.24) is 5.32 Å². The van der Waals surface area contributed by atoms with E-state index in [1.54, 1.807) is 6.92 Å². The molecule has 0 bridgehead atoms. The van der Waals surface area contributed by atoms with Gasteiger partial charge in [-0.25, -0.2) is 0 Å². The van der Waals surface area contributed by atoms with Crippen molar-refractivity contribution in [2.45, 2.75) is 137 Å². The quantitative estimate of drug-likeness (QED) is 0.0718. The van der Waals surface area contributed by atoms with E-state index in [1.165, 1.54) is 109 Å². The first-order chi connectivity index (χ1) is 15.4. The molecule has 0 saturated heterocycles. The Labute approximate surface area is 202 Å². The Morgan fingerprint density at radius 3 is 1.50 bits per heavy atom. The van der Waals surface area contributed by atoms with Crippen molar-refractivity contribution in [1.29, 1.82) is 0 Å². The molecule has 0 saturated carbocycles. The zero-order chi connectivity index (χ0) is 24.1. The maximum atomic E-state index is 12.0. The minimum absolute atomic E-state index is 0.00307. The zero-order valence-corrected chi connectivity index (χ0v) is 22.8. The predicted molar refractivity (Wildman–Crippen MR) is 143 cm³/mol. The molecule has 0 aromatic heterocycles. The molecule has 0 rings (SSSR count). The highest BCUT2D eigenvalue weighted by molar-refractivity contribution is 5.91. The van der Waals surface area contributed by atoms with Gasteiger partial charge in [0.2, 0.25) is 0 Å². The normalized spacial score (nSPS) is 13.3. The monoisotopic (exact) mass is 451 g/mol. The molecule has 1 N–H and O–H groups in total. The third-order valence-electron chi connectivity index (χ3n) is 6.87. The van der Waals surface area contributed by atoms with Gasteiger partial charge in [-0.3, -0.25) is 4.79 Å². The van der Waals surface area contributed by atoms with E-state index >= 15 is 0 Å². The van der Waals surface area contributed by atoms with Gasteiger partial charge in [0.25, 0.3) is 5.91 Å². The minimum atomic E-state index is -0.00307. The molecule has 0 aromatic rings. The molecule has 1 unspecified atom stereocenters. The van der Waals surface area contributed by atoms with Crippen molar-refractivity contribution in [2.75, 3.05) is 26.3 Å². The highest BCUT2D eigenvalue weighted by atomic mass is 16.1. The lowest BCUT2D eigenvalue weighted by molar-refractivity contribution is -0.931. The molecule has 3 heteroatoms. The number of carbonyl (C=O) groups excluding carboxylic acids is 1. The minimum Gasteiger partial charge on any atom is -0.307 e. The van der Waals surface area contributed by atoms with Gasteiger partial charge in [0, 0.05) is 11.5 Å². The molecule has 190 valence electrons. The van der Waals surface area contributed by atoms with Gasteiger partial charge in [-0.2, -0.15) is 0 Å². The van der Waals surface area contributed by atoms with Crippen LogP contribution in [-0.4, -0.2) is 36.7 Å².